The Balaban J connectivity index is 1.33. The van der Waals surface area contributed by atoms with E-state index in [1.54, 1.807) is 0 Å². The molecule has 6 heteroatoms. The number of aromatic nitrogens is 3. The average molecular weight is 382 g/mol. The number of aryl methyl sites for hydroxylation is 1. The van der Waals surface area contributed by atoms with Crippen LogP contribution in [-0.2, 0) is 6.54 Å². The molecule has 0 radical (unpaired) electrons. The summed E-state index contributed by atoms with van der Waals surface area (Å²) in [5, 5.41) is 4.87. The van der Waals surface area contributed by atoms with Gasteiger partial charge in [-0.05, 0) is 63.4 Å². The van der Waals surface area contributed by atoms with Gasteiger partial charge >= 0.3 is 0 Å². The number of hydrogen-bond donors (Lipinski definition) is 0. The van der Waals surface area contributed by atoms with E-state index in [0.717, 1.165) is 37.7 Å². The third-order valence-corrected chi connectivity index (χ3v) is 6.83. The largest absolute Gasteiger partial charge is 0.370 e. The van der Waals surface area contributed by atoms with Gasteiger partial charge in [0.05, 0.1) is 11.9 Å². The van der Waals surface area contributed by atoms with Crippen molar-refractivity contribution >= 4 is 22.7 Å². The van der Waals surface area contributed by atoms with Crippen LogP contribution in [0.5, 0.6) is 0 Å². The Hall–Kier alpha value is -1.92. The number of thiophene rings is 1. The van der Waals surface area contributed by atoms with Crippen LogP contribution in [0.1, 0.15) is 47.2 Å². The number of anilines is 1. The first-order chi connectivity index (χ1) is 13.2. The number of pyridine rings is 1. The molecule has 5 nitrogen and oxygen atoms in total. The molecule has 27 heavy (non-hydrogen) atoms. The minimum Gasteiger partial charge on any atom is -0.370 e. The third-order valence-electron chi connectivity index (χ3n) is 5.85. The quantitative estimate of drug-likeness (QED) is 0.682. The summed E-state index contributed by atoms with van der Waals surface area (Å²) in [6.45, 7) is 7.80. The second-order valence-electron chi connectivity index (χ2n) is 7.94. The molecule has 142 valence electrons. The standard InChI is InChI=1S/C21H27N5S/c1-16-6-8-19(27-16)15-24-10-4-5-17(13-24)21-22-20-9-7-18(14-26(20)23-21)25-11-2-3-12-25/h6-9,14,17H,2-5,10-13,15H2,1H3. The van der Waals surface area contributed by atoms with Gasteiger partial charge in [0, 0.05) is 41.9 Å². The minimum absolute atomic E-state index is 0.440. The highest BCUT2D eigenvalue weighted by molar-refractivity contribution is 7.11. The van der Waals surface area contributed by atoms with Crippen molar-refractivity contribution in [2.75, 3.05) is 31.1 Å². The lowest BCUT2D eigenvalue weighted by molar-refractivity contribution is 0.198. The maximum atomic E-state index is 4.87. The second-order valence-corrected chi connectivity index (χ2v) is 9.31. The molecule has 0 aliphatic carbocycles. The molecule has 0 aromatic carbocycles. The molecule has 1 atom stereocenters. The molecule has 3 aromatic rings. The Morgan fingerprint density at radius 2 is 1.96 bits per heavy atom. The van der Waals surface area contributed by atoms with Gasteiger partial charge in [-0.25, -0.2) is 9.50 Å². The summed E-state index contributed by atoms with van der Waals surface area (Å²) in [6.07, 6.45) is 7.16. The van der Waals surface area contributed by atoms with Crippen LogP contribution in [-0.4, -0.2) is 45.7 Å². The highest BCUT2D eigenvalue weighted by Gasteiger charge is 2.25. The molecular formula is C21H27N5S. The van der Waals surface area contributed by atoms with Crippen LogP contribution in [0.3, 0.4) is 0 Å². The van der Waals surface area contributed by atoms with Gasteiger partial charge in [0.15, 0.2) is 11.5 Å². The molecule has 3 aromatic heterocycles. The molecule has 0 amide bonds. The van der Waals surface area contributed by atoms with E-state index >= 15 is 0 Å². The fraction of sp³-hybridized carbons (Fsp3) is 0.524. The molecule has 0 saturated carbocycles. The van der Waals surface area contributed by atoms with Crippen molar-refractivity contribution in [3.8, 4) is 0 Å². The van der Waals surface area contributed by atoms with Crippen molar-refractivity contribution in [3.05, 3.63) is 46.0 Å². The smallest absolute Gasteiger partial charge is 0.156 e. The highest BCUT2D eigenvalue weighted by atomic mass is 32.1. The van der Waals surface area contributed by atoms with E-state index in [1.807, 2.05) is 15.9 Å². The van der Waals surface area contributed by atoms with E-state index in [1.165, 1.54) is 47.7 Å². The zero-order valence-corrected chi connectivity index (χ0v) is 16.8. The Labute approximate surface area is 164 Å². The van der Waals surface area contributed by atoms with Gasteiger partial charge in [0.2, 0.25) is 0 Å². The summed E-state index contributed by atoms with van der Waals surface area (Å²) in [5.41, 5.74) is 2.24. The van der Waals surface area contributed by atoms with Crippen molar-refractivity contribution < 1.29 is 0 Å². The van der Waals surface area contributed by atoms with Crippen LogP contribution in [0, 0.1) is 6.92 Å². The van der Waals surface area contributed by atoms with Crippen LogP contribution in [0.25, 0.3) is 5.65 Å². The summed E-state index contributed by atoms with van der Waals surface area (Å²) < 4.78 is 1.99. The first-order valence-electron chi connectivity index (χ1n) is 10.1. The topological polar surface area (TPSA) is 36.7 Å². The van der Waals surface area contributed by atoms with Gasteiger partial charge in [0.25, 0.3) is 0 Å². The fourth-order valence-corrected chi connectivity index (χ4v) is 5.36. The molecule has 2 aliphatic heterocycles. The van der Waals surface area contributed by atoms with E-state index in [0.29, 0.717) is 5.92 Å². The molecule has 5 heterocycles. The third kappa shape index (κ3) is 3.60. The normalized spacial score (nSPS) is 21.4. The summed E-state index contributed by atoms with van der Waals surface area (Å²) in [4.78, 5) is 12.7. The van der Waals surface area contributed by atoms with Gasteiger partial charge in [0.1, 0.15) is 0 Å². The van der Waals surface area contributed by atoms with Gasteiger partial charge in [-0.1, -0.05) is 0 Å². The molecule has 2 saturated heterocycles. The zero-order valence-electron chi connectivity index (χ0n) is 16.0. The maximum absolute atomic E-state index is 4.87. The Morgan fingerprint density at radius 3 is 2.78 bits per heavy atom. The first-order valence-corrected chi connectivity index (χ1v) is 11.0. The molecular weight excluding hydrogens is 354 g/mol. The lowest BCUT2D eigenvalue weighted by atomic mass is 9.97. The van der Waals surface area contributed by atoms with Gasteiger partial charge in [-0.2, -0.15) is 5.10 Å². The van der Waals surface area contributed by atoms with Crippen LogP contribution in [0.2, 0.25) is 0 Å². The number of fused-ring (bicyclic) bond motifs is 1. The Bertz CT molecular complexity index is 924. The van der Waals surface area contributed by atoms with Crippen molar-refractivity contribution in [1.29, 1.82) is 0 Å². The van der Waals surface area contributed by atoms with E-state index in [4.69, 9.17) is 10.1 Å². The number of likely N-dealkylation sites (tertiary alicyclic amines) is 1. The number of piperidine rings is 1. The summed E-state index contributed by atoms with van der Waals surface area (Å²) in [7, 11) is 0. The molecule has 0 N–H and O–H groups in total. The van der Waals surface area contributed by atoms with E-state index < -0.39 is 0 Å². The van der Waals surface area contributed by atoms with Crippen LogP contribution >= 0.6 is 11.3 Å². The van der Waals surface area contributed by atoms with Crippen LogP contribution in [0.4, 0.5) is 5.69 Å². The number of nitrogens with zero attached hydrogens (tertiary/aromatic N) is 5. The van der Waals surface area contributed by atoms with Crippen LogP contribution < -0.4 is 4.90 Å². The van der Waals surface area contributed by atoms with Crippen molar-refractivity contribution in [2.24, 2.45) is 0 Å². The van der Waals surface area contributed by atoms with Gasteiger partial charge in [-0.3, -0.25) is 4.90 Å². The highest BCUT2D eigenvalue weighted by Crippen LogP contribution is 2.28. The summed E-state index contributed by atoms with van der Waals surface area (Å²) >= 11 is 1.91. The maximum Gasteiger partial charge on any atom is 0.156 e. The van der Waals surface area contributed by atoms with Crippen molar-refractivity contribution in [1.82, 2.24) is 19.5 Å². The molecule has 2 fully saturated rings. The average Bonchev–Trinajstić information content (AvgIpc) is 3.42. The number of hydrogen-bond acceptors (Lipinski definition) is 5. The summed E-state index contributed by atoms with van der Waals surface area (Å²) in [5.74, 6) is 1.45. The Kier molecular flexibility index (Phi) is 4.61. The molecule has 2 aliphatic rings. The van der Waals surface area contributed by atoms with E-state index in [2.05, 4.69) is 47.2 Å². The van der Waals surface area contributed by atoms with E-state index in [9.17, 15) is 0 Å². The lowest BCUT2D eigenvalue weighted by Gasteiger charge is -2.30. The van der Waals surface area contributed by atoms with Crippen molar-refractivity contribution in [3.63, 3.8) is 0 Å². The monoisotopic (exact) mass is 381 g/mol. The fourth-order valence-electron chi connectivity index (χ4n) is 4.43. The predicted octanol–water partition coefficient (Wildman–Crippen LogP) is 4.08. The zero-order chi connectivity index (χ0) is 18.2. The summed E-state index contributed by atoms with van der Waals surface area (Å²) in [6, 6.07) is 8.82. The van der Waals surface area contributed by atoms with Gasteiger partial charge < -0.3 is 4.90 Å². The number of rotatable bonds is 4. The lowest BCUT2D eigenvalue weighted by Crippen LogP contribution is -2.34. The SMILES string of the molecule is Cc1ccc(CN2CCCC(c3nc4ccc(N5CCCC5)cn4n3)C2)s1. The van der Waals surface area contributed by atoms with Crippen molar-refractivity contribution in [2.45, 2.75) is 45.1 Å². The first kappa shape index (κ1) is 17.2. The molecule has 0 bridgehead atoms. The molecule has 1 unspecified atom stereocenters. The molecule has 5 rings (SSSR count). The van der Waals surface area contributed by atoms with Crippen LogP contribution in [0.15, 0.2) is 30.5 Å². The minimum atomic E-state index is 0.440. The Morgan fingerprint density at radius 1 is 1.07 bits per heavy atom. The predicted molar refractivity (Wildman–Crippen MR) is 111 cm³/mol. The van der Waals surface area contributed by atoms with E-state index in [-0.39, 0.29) is 0 Å². The van der Waals surface area contributed by atoms with Gasteiger partial charge in [-0.15, -0.1) is 11.3 Å². The second kappa shape index (κ2) is 7.24. The molecule has 0 spiro atoms.